The molecule has 9 heteroatoms. The third-order valence-electron chi connectivity index (χ3n) is 4.69. The van der Waals surface area contributed by atoms with Gasteiger partial charge < -0.3 is 20.9 Å². The maximum Gasteiger partial charge on any atom is 0.319 e. The van der Waals surface area contributed by atoms with Crippen LogP contribution in [0.4, 0.5) is 20.8 Å². The van der Waals surface area contributed by atoms with Gasteiger partial charge >= 0.3 is 6.03 Å². The molecule has 0 saturated carbocycles. The van der Waals surface area contributed by atoms with E-state index in [-0.39, 0.29) is 17.9 Å². The summed E-state index contributed by atoms with van der Waals surface area (Å²) in [7, 11) is 0. The summed E-state index contributed by atoms with van der Waals surface area (Å²) in [4.78, 5) is 34.4. The Balaban J connectivity index is 1.38. The molecule has 1 aliphatic heterocycles. The van der Waals surface area contributed by atoms with Crippen molar-refractivity contribution < 1.29 is 14.0 Å². The molecule has 3 rings (SSSR count). The van der Waals surface area contributed by atoms with Crippen molar-refractivity contribution in [1.82, 2.24) is 20.2 Å². The first-order valence-electron chi connectivity index (χ1n) is 9.69. The SMILES string of the molecule is O=C(NCC1CCCN(C(=O)CCNc2ncccn2)C1)Nc1cccc(F)c1. The van der Waals surface area contributed by atoms with E-state index in [9.17, 15) is 14.0 Å². The van der Waals surface area contributed by atoms with Crippen molar-refractivity contribution in [3.8, 4) is 0 Å². The van der Waals surface area contributed by atoms with E-state index in [0.717, 1.165) is 19.4 Å². The first kappa shape index (κ1) is 20.5. The number of halogens is 1. The van der Waals surface area contributed by atoms with Crippen molar-refractivity contribution in [3.63, 3.8) is 0 Å². The lowest BCUT2D eigenvalue weighted by Gasteiger charge is -2.33. The molecule has 1 atom stereocenters. The fourth-order valence-electron chi connectivity index (χ4n) is 3.27. The Morgan fingerprint density at radius 2 is 2.03 bits per heavy atom. The summed E-state index contributed by atoms with van der Waals surface area (Å²) in [5.41, 5.74) is 0.401. The fourth-order valence-corrected chi connectivity index (χ4v) is 3.27. The van der Waals surface area contributed by atoms with E-state index in [4.69, 9.17) is 0 Å². The summed E-state index contributed by atoms with van der Waals surface area (Å²) in [5.74, 6) is 0.363. The molecule has 1 aromatic carbocycles. The Hall–Kier alpha value is -3.23. The van der Waals surface area contributed by atoms with Crippen molar-refractivity contribution in [2.75, 3.05) is 36.8 Å². The molecule has 1 fully saturated rings. The lowest BCUT2D eigenvalue weighted by atomic mass is 9.98. The molecular formula is C20H25FN6O2. The van der Waals surface area contributed by atoms with Gasteiger partial charge in [0.15, 0.2) is 0 Å². The highest BCUT2D eigenvalue weighted by Gasteiger charge is 2.23. The first-order valence-corrected chi connectivity index (χ1v) is 9.69. The number of aromatic nitrogens is 2. The van der Waals surface area contributed by atoms with Crippen molar-refractivity contribution in [1.29, 1.82) is 0 Å². The molecule has 2 heterocycles. The van der Waals surface area contributed by atoms with Gasteiger partial charge in [-0.05, 0) is 43.0 Å². The summed E-state index contributed by atoms with van der Waals surface area (Å²) < 4.78 is 13.2. The highest BCUT2D eigenvalue weighted by atomic mass is 19.1. The highest BCUT2D eigenvalue weighted by molar-refractivity contribution is 5.89. The van der Waals surface area contributed by atoms with Gasteiger partial charge in [0, 0.05) is 50.7 Å². The Kier molecular flexibility index (Phi) is 7.32. The van der Waals surface area contributed by atoms with Crippen LogP contribution in [0, 0.1) is 11.7 Å². The number of nitrogens with one attached hydrogen (secondary N) is 3. The number of likely N-dealkylation sites (tertiary alicyclic amines) is 1. The number of carbonyl (C=O) groups is 2. The van der Waals surface area contributed by atoms with E-state index in [1.807, 2.05) is 4.90 Å². The minimum atomic E-state index is -0.405. The quantitative estimate of drug-likeness (QED) is 0.663. The third kappa shape index (κ3) is 6.70. The zero-order chi connectivity index (χ0) is 20.5. The van der Waals surface area contributed by atoms with Gasteiger partial charge in [-0.1, -0.05) is 6.07 Å². The lowest BCUT2D eigenvalue weighted by molar-refractivity contribution is -0.132. The Morgan fingerprint density at radius 3 is 2.83 bits per heavy atom. The highest BCUT2D eigenvalue weighted by Crippen LogP contribution is 2.17. The minimum Gasteiger partial charge on any atom is -0.354 e. The average Bonchev–Trinajstić information content (AvgIpc) is 2.73. The van der Waals surface area contributed by atoms with E-state index in [1.165, 1.54) is 18.2 Å². The summed E-state index contributed by atoms with van der Waals surface area (Å²) in [6.45, 7) is 2.27. The van der Waals surface area contributed by atoms with Gasteiger partial charge in [0.1, 0.15) is 5.82 Å². The van der Waals surface area contributed by atoms with Gasteiger partial charge in [0.05, 0.1) is 0 Å². The van der Waals surface area contributed by atoms with Crippen LogP contribution in [0.15, 0.2) is 42.7 Å². The van der Waals surface area contributed by atoms with Crippen LogP contribution in [0.1, 0.15) is 19.3 Å². The fraction of sp³-hybridized carbons (Fsp3) is 0.400. The number of benzene rings is 1. The number of hydrogen-bond acceptors (Lipinski definition) is 5. The monoisotopic (exact) mass is 400 g/mol. The number of anilines is 2. The average molecular weight is 400 g/mol. The molecule has 154 valence electrons. The van der Waals surface area contributed by atoms with Gasteiger partial charge in [0.25, 0.3) is 0 Å². The van der Waals surface area contributed by atoms with E-state index in [1.54, 1.807) is 24.5 Å². The normalized spacial score (nSPS) is 16.2. The molecule has 2 aromatic rings. The summed E-state index contributed by atoms with van der Waals surface area (Å²) in [5, 5.41) is 8.45. The summed E-state index contributed by atoms with van der Waals surface area (Å²) in [6.07, 6.45) is 5.49. The molecule has 29 heavy (non-hydrogen) atoms. The smallest absolute Gasteiger partial charge is 0.319 e. The topological polar surface area (TPSA) is 99.3 Å². The molecule has 8 nitrogen and oxygen atoms in total. The second kappa shape index (κ2) is 10.4. The maximum absolute atomic E-state index is 13.2. The molecule has 1 aromatic heterocycles. The van der Waals surface area contributed by atoms with Gasteiger partial charge in [-0.15, -0.1) is 0 Å². The van der Waals surface area contributed by atoms with Gasteiger partial charge in [-0.25, -0.2) is 19.2 Å². The zero-order valence-electron chi connectivity index (χ0n) is 16.1. The van der Waals surface area contributed by atoms with E-state index < -0.39 is 5.82 Å². The molecule has 3 N–H and O–H groups in total. The van der Waals surface area contributed by atoms with Crippen LogP contribution in [0.25, 0.3) is 0 Å². The third-order valence-corrected chi connectivity index (χ3v) is 4.69. The van der Waals surface area contributed by atoms with Crippen LogP contribution >= 0.6 is 0 Å². The Labute approximate surface area is 168 Å². The van der Waals surface area contributed by atoms with Crippen molar-refractivity contribution >= 4 is 23.6 Å². The van der Waals surface area contributed by atoms with E-state index >= 15 is 0 Å². The second-order valence-corrected chi connectivity index (χ2v) is 6.94. The number of carbonyl (C=O) groups excluding carboxylic acids is 2. The Bertz CT molecular complexity index is 820. The van der Waals surface area contributed by atoms with Crippen LogP contribution in [-0.4, -0.2) is 53.0 Å². The molecule has 3 amide bonds. The molecule has 1 unspecified atom stereocenters. The second-order valence-electron chi connectivity index (χ2n) is 6.94. The van der Waals surface area contributed by atoms with E-state index in [2.05, 4.69) is 25.9 Å². The predicted octanol–water partition coefficient (Wildman–Crippen LogP) is 2.48. The zero-order valence-corrected chi connectivity index (χ0v) is 16.1. The van der Waals surface area contributed by atoms with Crippen LogP contribution in [0.5, 0.6) is 0 Å². The molecule has 0 radical (unpaired) electrons. The summed E-state index contributed by atoms with van der Waals surface area (Å²) >= 11 is 0. The summed E-state index contributed by atoms with van der Waals surface area (Å²) in [6, 6.07) is 7.09. The standard InChI is InChI=1S/C20H25FN6O2/c21-16-5-1-6-17(12-16)26-20(29)25-13-15-4-2-11-27(14-15)18(28)7-10-24-19-22-8-3-9-23-19/h1,3,5-6,8-9,12,15H,2,4,7,10-11,13-14H2,(H,22,23,24)(H2,25,26,29). The first-order chi connectivity index (χ1) is 14.1. The van der Waals surface area contributed by atoms with Crippen LogP contribution in [0.2, 0.25) is 0 Å². The van der Waals surface area contributed by atoms with Crippen LogP contribution < -0.4 is 16.0 Å². The molecule has 1 saturated heterocycles. The molecule has 0 bridgehead atoms. The molecule has 0 aliphatic carbocycles. The van der Waals surface area contributed by atoms with Gasteiger partial charge in [-0.3, -0.25) is 4.79 Å². The number of hydrogen-bond donors (Lipinski definition) is 3. The van der Waals surface area contributed by atoms with Crippen molar-refractivity contribution in [2.45, 2.75) is 19.3 Å². The number of piperidine rings is 1. The Morgan fingerprint density at radius 1 is 1.21 bits per heavy atom. The van der Waals surface area contributed by atoms with Crippen LogP contribution in [-0.2, 0) is 4.79 Å². The number of urea groups is 1. The number of amides is 3. The lowest BCUT2D eigenvalue weighted by Crippen LogP contribution is -2.44. The predicted molar refractivity (Wildman–Crippen MR) is 108 cm³/mol. The molecule has 0 spiro atoms. The van der Waals surface area contributed by atoms with Crippen LogP contribution in [0.3, 0.4) is 0 Å². The molecular weight excluding hydrogens is 375 g/mol. The van der Waals surface area contributed by atoms with Gasteiger partial charge in [0.2, 0.25) is 11.9 Å². The number of nitrogens with zero attached hydrogens (tertiary/aromatic N) is 3. The molecule has 1 aliphatic rings. The largest absolute Gasteiger partial charge is 0.354 e. The maximum atomic E-state index is 13.2. The van der Waals surface area contributed by atoms with Gasteiger partial charge in [-0.2, -0.15) is 0 Å². The minimum absolute atomic E-state index is 0.0716. The van der Waals surface area contributed by atoms with E-state index in [0.29, 0.717) is 37.7 Å². The van der Waals surface area contributed by atoms with Crippen molar-refractivity contribution in [2.24, 2.45) is 5.92 Å². The number of rotatable bonds is 7. The van der Waals surface area contributed by atoms with Crippen molar-refractivity contribution in [3.05, 3.63) is 48.5 Å².